The zero-order chi connectivity index (χ0) is 20.3. The minimum Gasteiger partial charge on any atom is -0.336 e. The largest absolute Gasteiger partial charge is 0.336 e. The first-order valence-electron chi connectivity index (χ1n) is 9.94. The van der Waals surface area contributed by atoms with Crippen LogP contribution in [-0.4, -0.2) is 37.9 Å². The lowest BCUT2D eigenvalue weighted by Crippen LogP contribution is -2.43. The van der Waals surface area contributed by atoms with Crippen molar-refractivity contribution < 1.29 is 4.79 Å². The highest BCUT2D eigenvalue weighted by molar-refractivity contribution is 5.74. The first-order valence-corrected chi connectivity index (χ1v) is 9.94. The number of nitrogens with zero attached hydrogens (tertiary/aromatic N) is 4. The lowest BCUT2D eigenvalue weighted by atomic mass is 10.0. The maximum atomic E-state index is 12.0. The SMILES string of the molecule is CC(C)NC(=O)NC1CCC(c2cc(Nc3ncccn3)n(C(C)(C)C)n2)C1. The maximum absolute atomic E-state index is 12.0. The molecule has 0 aromatic carbocycles. The highest BCUT2D eigenvalue weighted by Crippen LogP contribution is 2.36. The van der Waals surface area contributed by atoms with Gasteiger partial charge in [0.2, 0.25) is 5.95 Å². The van der Waals surface area contributed by atoms with Crippen molar-refractivity contribution in [2.75, 3.05) is 5.32 Å². The summed E-state index contributed by atoms with van der Waals surface area (Å²) >= 11 is 0. The monoisotopic (exact) mass is 385 g/mol. The third-order valence-corrected chi connectivity index (χ3v) is 4.78. The molecule has 0 bridgehead atoms. The quantitative estimate of drug-likeness (QED) is 0.732. The number of hydrogen-bond acceptors (Lipinski definition) is 5. The molecule has 1 saturated carbocycles. The van der Waals surface area contributed by atoms with E-state index in [4.69, 9.17) is 5.10 Å². The maximum Gasteiger partial charge on any atom is 0.315 e. The van der Waals surface area contributed by atoms with E-state index in [1.54, 1.807) is 18.5 Å². The Balaban J connectivity index is 1.73. The average Bonchev–Trinajstić information content (AvgIpc) is 3.21. The van der Waals surface area contributed by atoms with E-state index in [1.807, 2.05) is 18.5 Å². The summed E-state index contributed by atoms with van der Waals surface area (Å²) < 4.78 is 1.99. The second-order valence-corrected chi connectivity index (χ2v) is 8.71. The first kappa shape index (κ1) is 20.1. The second kappa shape index (κ2) is 8.16. The Kier molecular flexibility index (Phi) is 5.86. The molecule has 8 heteroatoms. The number of hydrogen-bond donors (Lipinski definition) is 3. The van der Waals surface area contributed by atoms with Crippen LogP contribution in [-0.2, 0) is 5.54 Å². The van der Waals surface area contributed by atoms with Crippen LogP contribution >= 0.6 is 0 Å². The fourth-order valence-corrected chi connectivity index (χ4v) is 3.55. The minimum atomic E-state index is -0.178. The van der Waals surface area contributed by atoms with Gasteiger partial charge in [0, 0.05) is 36.5 Å². The molecule has 2 aromatic heterocycles. The first-order chi connectivity index (χ1) is 13.2. The molecule has 0 radical (unpaired) electrons. The minimum absolute atomic E-state index is 0.0931. The van der Waals surface area contributed by atoms with Crippen LogP contribution in [0.1, 0.15) is 65.5 Å². The van der Waals surface area contributed by atoms with E-state index in [2.05, 4.69) is 52.8 Å². The van der Waals surface area contributed by atoms with Crippen LogP contribution in [0.2, 0.25) is 0 Å². The van der Waals surface area contributed by atoms with Crippen molar-refractivity contribution in [3.05, 3.63) is 30.2 Å². The summed E-state index contributed by atoms with van der Waals surface area (Å²) in [6, 6.07) is 4.09. The highest BCUT2D eigenvalue weighted by atomic mass is 16.2. The predicted octanol–water partition coefficient (Wildman–Crippen LogP) is 3.52. The fourth-order valence-electron chi connectivity index (χ4n) is 3.55. The summed E-state index contributed by atoms with van der Waals surface area (Å²) in [7, 11) is 0. The molecule has 3 N–H and O–H groups in total. The Hall–Kier alpha value is -2.64. The molecule has 3 rings (SSSR count). The Bertz CT molecular complexity index is 795. The molecule has 2 atom stereocenters. The Labute approximate surface area is 166 Å². The number of carbonyl (C=O) groups excluding carboxylic acids is 1. The van der Waals surface area contributed by atoms with Crippen LogP contribution in [0.15, 0.2) is 24.5 Å². The zero-order valence-electron chi connectivity index (χ0n) is 17.4. The number of aromatic nitrogens is 4. The van der Waals surface area contributed by atoms with Crippen molar-refractivity contribution in [2.24, 2.45) is 0 Å². The molecule has 2 amide bonds. The van der Waals surface area contributed by atoms with E-state index in [1.165, 1.54) is 0 Å². The number of rotatable bonds is 5. The molecule has 0 aliphatic heterocycles. The number of nitrogens with one attached hydrogen (secondary N) is 3. The second-order valence-electron chi connectivity index (χ2n) is 8.71. The van der Waals surface area contributed by atoms with Gasteiger partial charge in [-0.2, -0.15) is 5.10 Å². The van der Waals surface area contributed by atoms with Crippen molar-refractivity contribution in [3.8, 4) is 0 Å². The standard InChI is InChI=1S/C20H31N7O/c1-13(2)23-19(28)24-15-8-7-14(11-15)16-12-17(27(26-16)20(3,4)5)25-18-21-9-6-10-22-18/h6,9-10,12-15H,7-8,11H2,1-5H3,(H,21,22,25)(H2,23,24,28). The van der Waals surface area contributed by atoms with Crippen LogP contribution < -0.4 is 16.0 Å². The van der Waals surface area contributed by atoms with Gasteiger partial charge in [-0.15, -0.1) is 0 Å². The molecule has 28 heavy (non-hydrogen) atoms. The van der Waals surface area contributed by atoms with Crippen LogP contribution in [0, 0.1) is 0 Å². The van der Waals surface area contributed by atoms with Gasteiger partial charge in [0.1, 0.15) is 5.82 Å². The van der Waals surface area contributed by atoms with Crippen LogP contribution in [0.25, 0.3) is 0 Å². The Morgan fingerprint density at radius 2 is 1.93 bits per heavy atom. The summed E-state index contributed by atoms with van der Waals surface area (Å²) in [6.07, 6.45) is 6.29. The third-order valence-electron chi connectivity index (χ3n) is 4.78. The van der Waals surface area contributed by atoms with Crippen LogP contribution in [0.5, 0.6) is 0 Å². The van der Waals surface area contributed by atoms with Gasteiger partial charge in [0.25, 0.3) is 0 Å². The lowest BCUT2D eigenvalue weighted by molar-refractivity contribution is 0.234. The highest BCUT2D eigenvalue weighted by Gasteiger charge is 2.31. The molecule has 2 aromatic rings. The van der Waals surface area contributed by atoms with Gasteiger partial charge < -0.3 is 16.0 Å². The molecular formula is C20H31N7O. The van der Waals surface area contributed by atoms with E-state index < -0.39 is 0 Å². The van der Waals surface area contributed by atoms with Crippen LogP contribution in [0.3, 0.4) is 0 Å². The number of carbonyl (C=O) groups is 1. The van der Waals surface area contributed by atoms with Crippen molar-refractivity contribution in [1.82, 2.24) is 30.4 Å². The van der Waals surface area contributed by atoms with Crippen molar-refractivity contribution >= 4 is 17.8 Å². The lowest BCUT2D eigenvalue weighted by Gasteiger charge is -2.22. The van der Waals surface area contributed by atoms with E-state index >= 15 is 0 Å². The van der Waals surface area contributed by atoms with Gasteiger partial charge in [-0.25, -0.2) is 19.4 Å². The smallest absolute Gasteiger partial charge is 0.315 e. The van der Waals surface area contributed by atoms with Crippen molar-refractivity contribution in [3.63, 3.8) is 0 Å². The molecule has 1 fully saturated rings. The van der Waals surface area contributed by atoms with E-state index in [0.29, 0.717) is 11.9 Å². The van der Waals surface area contributed by atoms with Gasteiger partial charge in [0.05, 0.1) is 11.2 Å². The summed E-state index contributed by atoms with van der Waals surface area (Å²) in [6.45, 7) is 10.3. The van der Waals surface area contributed by atoms with Gasteiger partial charge in [0.15, 0.2) is 0 Å². The molecule has 2 unspecified atom stereocenters. The molecular weight excluding hydrogens is 354 g/mol. The molecule has 152 valence electrons. The Morgan fingerprint density at radius 1 is 1.21 bits per heavy atom. The van der Waals surface area contributed by atoms with Gasteiger partial charge >= 0.3 is 6.03 Å². The summed E-state index contributed by atoms with van der Waals surface area (Å²) in [5.41, 5.74) is 0.866. The molecule has 1 aliphatic carbocycles. The van der Waals surface area contributed by atoms with Crippen molar-refractivity contribution in [2.45, 2.75) is 77.4 Å². The fraction of sp³-hybridized carbons (Fsp3) is 0.600. The molecule has 8 nitrogen and oxygen atoms in total. The third kappa shape index (κ3) is 4.99. The predicted molar refractivity (Wildman–Crippen MR) is 110 cm³/mol. The molecule has 0 spiro atoms. The number of anilines is 2. The van der Waals surface area contributed by atoms with Gasteiger partial charge in [-0.1, -0.05) is 0 Å². The Morgan fingerprint density at radius 3 is 2.57 bits per heavy atom. The van der Waals surface area contributed by atoms with Gasteiger partial charge in [-0.05, 0) is 59.9 Å². The topological polar surface area (TPSA) is 96.8 Å². The molecule has 1 aliphatic rings. The van der Waals surface area contributed by atoms with E-state index in [0.717, 1.165) is 30.8 Å². The average molecular weight is 386 g/mol. The molecule has 0 saturated heterocycles. The summed E-state index contributed by atoms with van der Waals surface area (Å²) in [4.78, 5) is 20.5. The van der Waals surface area contributed by atoms with E-state index in [9.17, 15) is 4.79 Å². The zero-order valence-corrected chi connectivity index (χ0v) is 17.4. The number of urea groups is 1. The normalized spacial score (nSPS) is 19.6. The summed E-state index contributed by atoms with van der Waals surface area (Å²) in [5, 5.41) is 14.2. The molecule has 2 heterocycles. The summed E-state index contributed by atoms with van der Waals surface area (Å²) in [5.74, 6) is 1.75. The van der Waals surface area contributed by atoms with Crippen molar-refractivity contribution in [1.29, 1.82) is 0 Å². The van der Waals surface area contributed by atoms with Gasteiger partial charge in [-0.3, -0.25) is 0 Å². The number of amides is 2. The van der Waals surface area contributed by atoms with E-state index in [-0.39, 0.29) is 23.7 Å². The van der Waals surface area contributed by atoms with Crippen LogP contribution in [0.4, 0.5) is 16.6 Å².